The number of hydrogen-bond acceptors (Lipinski definition) is 4. The molecule has 0 saturated heterocycles. The number of aromatic nitrogens is 2. The van der Waals surface area contributed by atoms with Crippen molar-refractivity contribution >= 4 is 33.3 Å². The van der Waals surface area contributed by atoms with Crippen molar-refractivity contribution in [2.75, 3.05) is 0 Å². The van der Waals surface area contributed by atoms with Gasteiger partial charge in [0.25, 0.3) is 5.56 Å². The Morgan fingerprint density at radius 2 is 1.90 bits per heavy atom. The van der Waals surface area contributed by atoms with E-state index in [0.717, 1.165) is 39.5 Å². The highest BCUT2D eigenvalue weighted by Crippen LogP contribution is 2.42. The van der Waals surface area contributed by atoms with Crippen LogP contribution in [0.5, 0.6) is 0 Å². The highest BCUT2D eigenvalue weighted by atomic mass is 32.2. The lowest BCUT2D eigenvalue weighted by atomic mass is 9.90. The summed E-state index contributed by atoms with van der Waals surface area (Å²) in [6.07, 6.45) is 1.87. The van der Waals surface area contributed by atoms with Crippen LogP contribution >= 0.6 is 23.1 Å². The van der Waals surface area contributed by atoms with Crippen LogP contribution in [0.15, 0.2) is 76.7 Å². The van der Waals surface area contributed by atoms with Gasteiger partial charge in [0.15, 0.2) is 5.16 Å². The molecule has 1 aliphatic carbocycles. The van der Waals surface area contributed by atoms with E-state index >= 15 is 0 Å². The summed E-state index contributed by atoms with van der Waals surface area (Å²) in [5.41, 5.74) is 6.02. The van der Waals surface area contributed by atoms with Gasteiger partial charge >= 0.3 is 0 Å². The molecule has 0 amide bonds. The molecule has 0 saturated carbocycles. The van der Waals surface area contributed by atoms with Crippen LogP contribution in [0.2, 0.25) is 0 Å². The van der Waals surface area contributed by atoms with Crippen LogP contribution in [0.25, 0.3) is 20.7 Å². The third-order valence-electron chi connectivity index (χ3n) is 5.42. The van der Waals surface area contributed by atoms with E-state index in [1.807, 2.05) is 29.7 Å². The number of hydrogen-bond donors (Lipinski definition) is 0. The molecule has 2 aromatic heterocycles. The Morgan fingerprint density at radius 1 is 1.13 bits per heavy atom. The SMILES string of the molecule is C=C(C)Cn1c(SCc2ccccc2)nc2sc3c(c2c1=O)CCc1ccccc1-3. The van der Waals surface area contributed by atoms with E-state index in [1.165, 1.54) is 27.1 Å². The van der Waals surface area contributed by atoms with Crippen LogP contribution < -0.4 is 5.56 Å². The number of benzene rings is 2. The summed E-state index contributed by atoms with van der Waals surface area (Å²) in [4.78, 5) is 20.7. The Kier molecular flexibility index (Phi) is 5.09. The van der Waals surface area contributed by atoms with Crippen molar-refractivity contribution < 1.29 is 0 Å². The van der Waals surface area contributed by atoms with Crippen LogP contribution in [-0.2, 0) is 25.1 Å². The van der Waals surface area contributed by atoms with Crippen molar-refractivity contribution in [3.05, 3.63) is 93.8 Å². The Bertz CT molecular complexity index is 1320. The summed E-state index contributed by atoms with van der Waals surface area (Å²) < 4.78 is 1.81. The minimum Gasteiger partial charge on any atom is -0.283 e. The van der Waals surface area contributed by atoms with Crippen molar-refractivity contribution in [3.8, 4) is 10.4 Å². The van der Waals surface area contributed by atoms with Gasteiger partial charge in [0.1, 0.15) is 4.83 Å². The standard InChI is InChI=1S/C25H22N2OS2/c1-16(2)14-27-24(28)21-20-13-12-18-10-6-7-11-19(18)22(20)30-23(21)26-25(27)29-15-17-8-4-3-5-9-17/h3-11H,1,12-15H2,2H3. The second-order valence-electron chi connectivity index (χ2n) is 7.76. The summed E-state index contributed by atoms with van der Waals surface area (Å²) in [6, 6.07) is 18.8. The molecular formula is C25H22N2OS2. The Balaban J connectivity index is 1.65. The number of fused-ring (bicyclic) bond motifs is 5. The summed E-state index contributed by atoms with van der Waals surface area (Å²) in [7, 11) is 0. The fraction of sp³-hybridized carbons (Fsp3) is 0.200. The minimum absolute atomic E-state index is 0.0652. The molecule has 0 unspecified atom stereocenters. The zero-order chi connectivity index (χ0) is 20.7. The van der Waals surface area contributed by atoms with Crippen LogP contribution in [0.3, 0.4) is 0 Å². The van der Waals surface area contributed by atoms with E-state index in [1.54, 1.807) is 23.1 Å². The number of allylic oxidation sites excluding steroid dienone is 1. The third-order valence-corrected chi connectivity index (χ3v) is 7.63. The molecular weight excluding hydrogens is 408 g/mol. The highest BCUT2D eigenvalue weighted by molar-refractivity contribution is 7.98. The molecule has 0 bridgehead atoms. The van der Waals surface area contributed by atoms with Gasteiger partial charge in [-0.15, -0.1) is 11.3 Å². The van der Waals surface area contributed by atoms with E-state index in [4.69, 9.17) is 4.98 Å². The maximum absolute atomic E-state index is 13.6. The predicted molar refractivity (Wildman–Crippen MR) is 128 cm³/mol. The molecule has 0 fully saturated rings. The van der Waals surface area contributed by atoms with Crippen molar-refractivity contribution in [1.29, 1.82) is 0 Å². The van der Waals surface area contributed by atoms with Gasteiger partial charge in [0, 0.05) is 17.2 Å². The van der Waals surface area contributed by atoms with Gasteiger partial charge in [-0.1, -0.05) is 78.5 Å². The van der Waals surface area contributed by atoms with Gasteiger partial charge < -0.3 is 0 Å². The van der Waals surface area contributed by atoms with Crippen LogP contribution in [-0.4, -0.2) is 9.55 Å². The first-order valence-corrected chi connectivity index (χ1v) is 11.9. The lowest BCUT2D eigenvalue weighted by molar-refractivity contribution is 0.652. The number of rotatable bonds is 5. The van der Waals surface area contributed by atoms with E-state index in [2.05, 4.69) is 43.0 Å². The molecule has 150 valence electrons. The smallest absolute Gasteiger partial charge is 0.263 e. The number of thiophene rings is 1. The molecule has 4 aromatic rings. The second-order valence-corrected chi connectivity index (χ2v) is 9.71. The van der Waals surface area contributed by atoms with Crippen molar-refractivity contribution in [2.24, 2.45) is 0 Å². The van der Waals surface area contributed by atoms with Gasteiger partial charge in [-0.05, 0) is 42.0 Å². The Morgan fingerprint density at radius 3 is 2.70 bits per heavy atom. The van der Waals surface area contributed by atoms with Gasteiger partial charge in [0.05, 0.1) is 5.39 Å². The summed E-state index contributed by atoms with van der Waals surface area (Å²) >= 11 is 3.28. The zero-order valence-electron chi connectivity index (χ0n) is 16.9. The minimum atomic E-state index is 0.0652. The normalized spacial score (nSPS) is 12.6. The maximum Gasteiger partial charge on any atom is 0.263 e. The third kappa shape index (κ3) is 3.42. The van der Waals surface area contributed by atoms with Crippen molar-refractivity contribution in [2.45, 2.75) is 37.2 Å². The number of nitrogens with zero attached hydrogens (tertiary/aromatic N) is 2. The molecule has 0 N–H and O–H groups in total. The summed E-state index contributed by atoms with van der Waals surface area (Å²) in [5, 5.41) is 1.57. The van der Waals surface area contributed by atoms with Crippen LogP contribution in [0.4, 0.5) is 0 Å². The summed E-state index contributed by atoms with van der Waals surface area (Å²) in [6.45, 7) is 6.50. The molecule has 1 aliphatic rings. The monoisotopic (exact) mass is 430 g/mol. The van der Waals surface area contributed by atoms with E-state index in [9.17, 15) is 4.79 Å². The fourth-order valence-electron chi connectivity index (χ4n) is 4.04. The van der Waals surface area contributed by atoms with E-state index in [-0.39, 0.29) is 5.56 Å². The molecule has 3 nitrogen and oxygen atoms in total. The molecule has 0 aliphatic heterocycles. The molecule has 2 heterocycles. The topological polar surface area (TPSA) is 34.9 Å². The van der Waals surface area contributed by atoms with E-state index in [0.29, 0.717) is 6.54 Å². The van der Waals surface area contributed by atoms with Gasteiger partial charge in [-0.2, -0.15) is 0 Å². The fourth-order valence-corrected chi connectivity index (χ4v) is 6.32. The first-order valence-electron chi connectivity index (χ1n) is 10.1. The highest BCUT2D eigenvalue weighted by Gasteiger charge is 2.25. The Hall–Kier alpha value is -2.63. The molecule has 0 spiro atoms. The average molecular weight is 431 g/mol. The molecule has 2 aromatic carbocycles. The van der Waals surface area contributed by atoms with Gasteiger partial charge in [0.2, 0.25) is 0 Å². The maximum atomic E-state index is 13.6. The van der Waals surface area contributed by atoms with E-state index < -0.39 is 0 Å². The zero-order valence-corrected chi connectivity index (χ0v) is 18.5. The molecule has 30 heavy (non-hydrogen) atoms. The Labute approximate surface area is 184 Å². The first-order chi connectivity index (χ1) is 14.6. The number of aryl methyl sites for hydroxylation is 2. The molecule has 5 rings (SSSR count). The largest absolute Gasteiger partial charge is 0.283 e. The van der Waals surface area contributed by atoms with Gasteiger partial charge in [-0.25, -0.2) is 4.98 Å². The van der Waals surface area contributed by atoms with Crippen LogP contribution in [0.1, 0.15) is 23.6 Å². The average Bonchev–Trinajstić information content (AvgIpc) is 3.14. The van der Waals surface area contributed by atoms with Gasteiger partial charge in [-0.3, -0.25) is 9.36 Å². The summed E-state index contributed by atoms with van der Waals surface area (Å²) in [5.74, 6) is 0.781. The quantitative estimate of drug-likeness (QED) is 0.218. The molecule has 5 heteroatoms. The lowest BCUT2D eigenvalue weighted by Gasteiger charge is -2.16. The van der Waals surface area contributed by atoms with Crippen molar-refractivity contribution in [3.63, 3.8) is 0 Å². The first kappa shape index (κ1) is 19.3. The van der Waals surface area contributed by atoms with Crippen molar-refractivity contribution in [1.82, 2.24) is 9.55 Å². The predicted octanol–water partition coefficient (Wildman–Crippen LogP) is 6.09. The lowest BCUT2D eigenvalue weighted by Crippen LogP contribution is -2.24. The molecule has 0 radical (unpaired) electrons. The second kappa shape index (κ2) is 7.89. The number of thioether (sulfide) groups is 1. The molecule has 0 atom stereocenters. The van der Waals surface area contributed by atoms with Crippen LogP contribution in [0, 0.1) is 0 Å².